The summed E-state index contributed by atoms with van der Waals surface area (Å²) in [5.74, 6) is 1.13. The van der Waals surface area contributed by atoms with E-state index in [0.717, 1.165) is 36.6 Å². The molecule has 0 fully saturated rings. The number of nitrogens with zero attached hydrogens (tertiary/aromatic N) is 3. The molecule has 0 aromatic carbocycles. The Hall–Kier alpha value is -1.52. The quantitative estimate of drug-likeness (QED) is 0.891. The maximum atomic E-state index is 11.9. The number of nitrogens with one attached hydrogen (secondary N) is 1. The second kappa shape index (κ2) is 5.00. The van der Waals surface area contributed by atoms with Crippen molar-refractivity contribution in [3.8, 4) is 0 Å². The fourth-order valence-corrected chi connectivity index (χ4v) is 2.68. The molecule has 0 bridgehead atoms. The highest BCUT2D eigenvalue weighted by Crippen LogP contribution is 2.34. The zero-order valence-corrected chi connectivity index (χ0v) is 11.7. The van der Waals surface area contributed by atoms with Gasteiger partial charge >= 0.3 is 0 Å². The number of carbonyl (C=O) groups is 1. The molecule has 0 radical (unpaired) electrons. The van der Waals surface area contributed by atoms with E-state index in [-0.39, 0.29) is 11.9 Å². The molecule has 0 saturated heterocycles. The third kappa shape index (κ3) is 2.09. The minimum absolute atomic E-state index is 0.0880. The molecule has 0 spiro atoms. The highest BCUT2D eigenvalue weighted by Gasteiger charge is 2.29. The van der Waals surface area contributed by atoms with Crippen LogP contribution in [0.4, 0.5) is 11.5 Å². The Labute approximate surface area is 108 Å². The summed E-state index contributed by atoms with van der Waals surface area (Å²) in [5.41, 5.74) is 1.91. The second-order valence-corrected chi connectivity index (χ2v) is 4.91. The predicted molar refractivity (Wildman–Crippen MR) is 72.9 cm³/mol. The first kappa shape index (κ1) is 12.9. The Morgan fingerprint density at radius 1 is 1.44 bits per heavy atom. The highest BCUT2D eigenvalue weighted by molar-refractivity contribution is 5.96. The van der Waals surface area contributed by atoms with Crippen molar-refractivity contribution < 1.29 is 4.79 Å². The molecule has 5 nitrogen and oxygen atoms in total. The molecule has 1 unspecified atom stereocenters. The topological polar surface area (TPSA) is 50.2 Å². The lowest BCUT2D eigenvalue weighted by atomic mass is 10.2. The average Bonchev–Trinajstić information content (AvgIpc) is 2.53. The Bertz CT molecular complexity index is 452. The summed E-state index contributed by atoms with van der Waals surface area (Å²) in [6.07, 6.45) is 2.46. The Morgan fingerprint density at radius 2 is 2.17 bits per heavy atom. The summed E-state index contributed by atoms with van der Waals surface area (Å²) in [7, 11) is 1.95. The molecule has 1 atom stereocenters. The molecule has 18 heavy (non-hydrogen) atoms. The molecule has 100 valence electrons. The molecular formula is C13H22N4O. The van der Waals surface area contributed by atoms with E-state index in [1.54, 1.807) is 0 Å². The van der Waals surface area contributed by atoms with E-state index in [2.05, 4.69) is 36.1 Å². The molecule has 1 amide bonds. The van der Waals surface area contributed by atoms with Crippen molar-refractivity contribution in [3.05, 3.63) is 5.69 Å². The van der Waals surface area contributed by atoms with E-state index in [4.69, 9.17) is 0 Å². The third-order valence-electron chi connectivity index (χ3n) is 3.47. The molecule has 5 heteroatoms. The van der Waals surface area contributed by atoms with Crippen LogP contribution in [0.15, 0.2) is 0 Å². The molecule has 2 heterocycles. The van der Waals surface area contributed by atoms with Gasteiger partial charge in [-0.2, -0.15) is 5.10 Å². The lowest BCUT2D eigenvalue weighted by molar-refractivity contribution is -0.116. The van der Waals surface area contributed by atoms with Crippen LogP contribution in [0.2, 0.25) is 0 Å². The van der Waals surface area contributed by atoms with Gasteiger partial charge in [-0.3, -0.25) is 9.48 Å². The molecule has 0 saturated carbocycles. The standard InChI is InChI=1S/C13H22N4O/c1-5-7-10-12-13(16(4)15-10)17(6-2)9(3)8-11(18)14-12/h9H,5-8H2,1-4H3,(H,14,18). The maximum absolute atomic E-state index is 11.9. The normalized spacial score (nSPS) is 19.4. The molecule has 1 aromatic rings. The minimum atomic E-state index is 0.0880. The van der Waals surface area contributed by atoms with Gasteiger partial charge in [0.15, 0.2) is 5.82 Å². The van der Waals surface area contributed by atoms with Gasteiger partial charge in [0.2, 0.25) is 5.91 Å². The van der Waals surface area contributed by atoms with Crippen LogP contribution in [-0.4, -0.2) is 28.3 Å². The van der Waals surface area contributed by atoms with Crippen molar-refractivity contribution in [1.29, 1.82) is 0 Å². The van der Waals surface area contributed by atoms with Crippen molar-refractivity contribution >= 4 is 17.4 Å². The summed E-state index contributed by atoms with van der Waals surface area (Å²) >= 11 is 0. The van der Waals surface area contributed by atoms with Gasteiger partial charge in [0, 0.05) is 26.1 Å². The van der Waals surface area contributed by atoms with Gasteiger partial charge in [-0.25, -0.2) is 0 Å². The zero-order chi connectivity index (χ0) is 13.3. The third-order valence-corrected chi connectivity index (χ3v) is 3.47. The van der Waals surface area contributed by atoms with Gasteiger partial charge < -0.3 is 10.2 Å². The SMILES string of the molecule is CCCc1nn(C)c2c1NC(=O)CC(C)N2CC. The number of rotatable bonds is 3. The first-order valence-electron chi connectivity index (χ1n) is 6.70. The van der Waals surface area contributed by atoms with Gasteiger partial charge in [-0.15, -0.1) is 0 Å². The van der Waals surface area contributed by atoms with Crippen molar-refractivity contribution in [3.63, 3.8) is 0 Å². The number of aryl methyl sites for hydroxylation is 2. The van der Waals surface area contributed by atoms with Crippen molar-refractivity contribution in [2.75, 3.05) is 16.8 Å². The number of anilines is 2. The van der Waals surface area contributed by atoms with Crippen LogP contribution in [0, 0.1) is 0 Å². The van der Waals surface area contributed by atoms with E-state index in [9.17, 15) is 4.79 Å². The van der Waals surface area contributed by atoms with E-state index < -0.39 is 0 Å². The van der Waals surface area contributed by atoms with E-state index in [0.29, 0.717) is 6.42 Å². The molecule has 1 aliphatic rings. The fourth-order valence-electron chi connectivity index (χ4n) is 2.68. The summed E-state index contributed by atoms with van der Waals surface area (Å²) < 4.78 is 1.89. The highest BCUT2D eigenvalue weighted by atomic mass is 16.1. The molecule has 1 N–H and O–H groups in total. The van der Waals surface area contributed by atoms with E-state index >= 15 is 0 Å². The maximum Gasteiger partial charge on any atom is 0.226 e. The van der Waals surface area contributed by atoms with Gasteiger partial charge in [-0.05, 0) is 20.3 Å². The number of hydrogen-bond donors (Lipinski definition) is 1. The molecule has 0 aliphatic carbocycles. The minimum Gasteiger partial charge on any atom is -0.352 e. The first-order valence-corrected chi connectivity index (χ1v) is 6.70. The summed E-state index contributed by atoms with van der Waals surface area (Å²) in [4.78, 5) is 14.2. The molecule has 1 aliphatic heterocycles. The van der Waals surface area contributed by atoms with Crippen molar-refractivity contribution in [2.45, 2.75) is 46.1 Å². The van der Waals surface area contributed by atoms with Gasteiger partial charge in [-0.1, -0.05) is 13.3 Å². The smallest absolute Gasteiger partial charge is 0.226 e. The lowest BCUT2D eigenvalue weighted by Crippen LogP contribution is -2.34. The number of amides is 1. The van der Waals surface area contributed by atoms with E-state index in [1.165, 1.54) is 0 Å². The monoisotopic (exact) mass is 250 g/mol. The number of aromatic nitrogens is 2. The van der Waals surface area contributed by atoms with Crippen LogP contribution >= 0.6 is 0 Å². The number of fused-ring (bicyclic) bond motifs is 1. The van der Waals surface area contributed by atoms with Crippen LogP contribution in [0.25, 0.3) is 0 Å². The zero-order valence-electron chi connectivity index (χ0n) is 11.7. The first-order chi connectivity index (χ1) is 8.58. The van der Waals surface area contributed by atoms with Gasteiger partial charge in [0.25, 0.3) is 0 Å². The predicted octanol–water partition coefficient (Wildman–Crippen LogP) is 1.93. The molecular weight excluding hydrogens is 228 g/mol. The average molecular weight is 250 g/mol. The van der Waals surface area contributed by atoms with Gasteiger partial charge in [0.05, 0.1) is 5.69 Å². The van der Waals surface area contributed by atoms with Crippen molar-refractivity contribution in [2.24, 2.45) is 7.05 Å². The van der Waals surface area contributed by atoms with Gasteiger partial charge in [0.1, 0.15) is 5.69 Å². The van der Waals surface area contributed by atoms with E-state index in [1.807, 2.05) is 11.7 Å². The van der Waals surface area contributed by atoms with Crippen LogP contribution in [0.5, 0.6) is 0 Å². The lowest BCUT2D eigenvalue weighted by Gasteiger charge is -2.27. The summed E-state index contributed by atoms with van der Waals surface area (Å²) in [6, 6.07) is 0.209. The van der Waals surface area contributed by atoms with Crippen LogP contribution in [-0.2, 0) is 18.3 Å². The Morgan fingerprint density at radius 3 is 2.78 bits per heavy atom. The van der Waals surface area contributed by atoms with Crippen LogP contribution < -0.4 is 10.2 Å². The largest absolute Gasteiger partial charge is 0.352 e. The fraction of sp³-hybridized carbons (Fsp3) is 0.692. The molecule has 2 rings (SSSR count). The second-order valence-electron chi connectivity index (χ2n) is 4.91. The number of hydrogen-bond acceptors (Lipinski definition) is 3. The van der Waals surface area contributed by atoms with Crippen LogP contribution in [0.3, 0.4) is 0 Å². The summed E-state index contributed by atoms with van der Waals surface area (Å²) in [6.45, 7) is 7.21. The molecule has 1 aromatic heterocycles. The number of carbonyl (C=O) groups excluding carboxylic acids is 1. The summed E-state index contributed by atoms with van der Waals surface area (Å²) in [5, 5.41) is 7.58. The Kier molecular flexibility index (Phi) is 3.59. The van der Waals surface area contributed by atoms with Crippen LogP contribution in [0.1, 0.15) is 39.3 Å². The Balaban J connectivity index is 2.52. The van der Waals surface area contributed by atoms with Crippen molar-refractivity contribution in [1.82, 2.24) is 9.78 Å².